The van der Waals surface area contributed by atoms with E-state index >= 15 is 0 Å². The minimum Gasteiger partial charge on any atom is -0.350 e. The first-order valence-corrected chi connectivity index (χ1v) is 3.10. The van der Waals surface area contributed by atoms with Gasteiger partial charge in [-0.3, -0.25) is 4.79 Å². The summed E-state index contributed by atoms with van der Waals surface area (Å²) >= 11 is 0. The minimum absolute atomic E-state index is 0.243. The highest BCUT2D eigenvalue weighted by atomic mass is 19.3. The zero-order valence-electron chi connectivity index (χ0n) is 6.08. The fourth-order valence-corrected chi connectivity index (χ4v) is 0.379. The van der Waals surface area contributed by atoms with E-state index in [-0.39, 0.29) is 6.42 Å². The van der Waals surface area contributed by atoms with Gasteiger partial charge in [0.25, 0.3) is 5.92 Å². The third-order valence-corrected chi connectivity index (χ3v) is 1.11. The molecule has 0 rings (SSSR count). The van der Waals surface area contributed by atoms with Gasteiger partial charge in [0, 0.05) is 13.3 Å². The van der Waals surface area contributed by atoms with E-state index in [0.29, 0.717) is 0 Å². The van der Waals surface area contributed by atoms with Crippen molar-refractivity contribution >= 4 is 5.91 Å². The topological polar surface area (TPSA) is 29.1 Å². The van der Waals surface area contributed by atoms with Crippen molar-refractivity contribution < 1.29 is 13.6 Å². The summed E-state index contributed by atoms with van der Waals surface area (Å²) in [4.78, 5) is 10.2. The number of rotatable bonds is 3. The van der Waals surface area contributed by atoms with Crippen LogP contribution in [0.25, 0.3) is 0 Å². The van der Waals surface area contributed by atoms with Crippen LogP contribution in [0.3, 0.4) is 0 Å². The Morgan fingerprint density at radius 3 is 2.40 bits per heavy atom. The first-order chi connectivity index (χ1) is 4.48. The fourth-order valence-electron chi connectivity index (χ4n) is 0.379. The molecule has 0 heterocycles. The summed E-state index contributed by atoms with van der Waals surface area (Å²) in [6, 6.07) is 0. The van der Waals surface area contributed by atoms with Gasteiger partial charge < -0.3 is 5.32 Å². The van der Waals surface area contributed by atoms with Crippen LogP contribution in [0.1, 0.15) is 20.3 Å². The summed E-state index contributed by atoms with van der Waals surface area (Å²) in [5.41, 5.74) is 0. The molecule has 0 unspecified atom stereocenters. The molecular weight excluding hydrogens is 140 g/mol. The molecule has 0 aliphatic carbocycles. The molecule has 0 aromatic heterocycles. The van der Waals surface area contributed by atoms with Gasteiger partial charge in [-0.1, -0.05) is 6.92 Å². The van der Waals surface area contributed by atoms with Crippen molar-refractivity contribution in [1.82, 2.24) is 5.32 Å². The van der Waals surface area contributed by atoms with Crippen LogP contribution in [0.5, 0.6) is 0 Å². The van der Waals surface area contributed by atoms with E-state index in [1.807, 2.05) is 5.32 Å². The maximum atomic E-state index is 12.3. The Morgan fingerprint density at radius 1 is 1.60 bits per heavy atom. The summed E-state index contributed by atoms with van der Waals surface area (Å²) in [5.74, 6) is -3.18. The maximum absolute atomic E-state index is 12.3. The zero-order chi connectivity index (χ0) is 8.20. The molecule has 60 valence electrons. The molecule has 2 nitrogen and oxygen atoms in total. The van der Waals surface area contributed by atoms with Crippen molar-refractivity contribution in [3.8, 4) is 0 Å². The lowest BCUT2D eigenvalue weighted by molar-refractivity contribution is -0.121. The number of amides is 1. The van der Waals surface area contributed by atoms with Gasteiger partial charge >= 0.3 is 0 Å². The summed E-state index contributed by atoms with van der Waals surface area (Å²) in [6.07, 6.45) is -0.243. The van der Waals surface area contributed by atoms with E-state index in [4.69, 9.17) is 0 Å². The number of hydrogen-bond acceptors (Lipinski definition) is 1. The van der Waals surface area contributed by atoms with Crippen molar-refractivity contribution in [3.63, 3.8) is 0 Å². The van der Waals surface area contributed by atoms with Crippen LogP contribution in [-0.2, 0) is 4.79 Å². The Bertz CT molecular complexity index is 125. The molecular formula is C6H11F2NO. The van der Waals surface area contributed by atoms with Crippen molar-refractivity contribution in [3.05, 3.63) is 0 Å². The fraction of sp³-hybridized carbons (Fsp3) is 0.833. The van der Waals surface area contributed by atoms with Crippen molar-refractivity contribution in [1.29, 1.82) is 0 Å². The molecule has 0 saturated heterocycles. The van der Waals surface area contributed by atoms with Crippen LogP contribution in [0, 0.1) is 0 Å². The van der Waals surface area contributed by atoms with Crippen LogP contribution in [0.2, 0.25) is 0 Å². The lowest BCUT2D eigenvalue weighted by atomic mass is 10.2. The van der Waals surface area contributed by atoms with Crippen LogP contribution < -0.4 is 5.32 Å². The second-order valence-corrected chi connectivity index (χ2v) is 2.12. The minimum atomic E-state index is -2.76. The van der Waals surface area contributed by atoms with Gasteiger partial charge in [-0.15, -0.1) is 0 Å². The Hall–Kier alpha value is -0.670. The normalized spacial score (nSPS) is 11.2. The van der Waals surface area contributed by atoms with Gasteiger partial charge in [0.2, 0.25) is 5.91 Å². The average Bonchev–Trinajstić information content (AvgIpc) is 1.85. The second kappa shape index (κ2) is 3.49. The zero-order valence-corrected chi connectivity index (χ0v) is 6.08. The third kappa shape index (κ3) is 4.23. The molecule has 0 radical (unpaired) electrons. The number of nitrogens with one attached hydrogen (secondary N) is 1. The third-order valence-electron chi connectivity index (χ3n) is 1.11. The van der Waals surface area contributed by atoms with Gasteiger partial charge in [-0.05, 0) is 0 Å². The lowest BCUT2D eigenvalue weighted by Crippen LogP contribution is -2.34. The first kappa shape index (κ1) is 9.33. The van der Waals surface area contributed by atoms with E-state index < -0.39 is 18.4 Å². The quantitative estimate of drug-likeness (QED) is 0.644. The van der Waals surface area contributed by atoms with E-state index in [2.05, 4.69) is 0 Å². The van der Waals surface area contributed by atoms with Crippen molar-refractivity contribution in [2.45, 2.75) is 26.2 Å². The van der Waals surface area contributed by atoms with E-state index in [1.165, 1.54) is 13.8 Å². The molecule has 1 amide bonds. The molecule has 0 aliphatic rings. The first-order valence-electron chi connectivity index (χ1n) is 3.10. The molecule has 0 aromatic carbocycles. The summed E-state index contributed by atoms with van der Waals surface area (Å²) in [7, 11) is 0. The van der Waals surface area contributed by atoms with Gasteiger partial charge in [0.05, 0.1) is 6.54 Å². The smallest absolute Gasteiger partial charge is 0.264 e. The van der Waals surface area contributed by atoms with Gasteiger partial charge in [-0.25, -0.2) is 8.78 Å². The molecule has 0 spiro atoms. The monoisotopic (exact) mass is 151 g/mol. The second-order valence-electron chi connectivity index (χ2n) is 2.12. The van der Waals surface area contributed by atoms with Gasteiger partial charge in [0.1, 0.15) is 0 Å². The number of hydrogen-bond donors (Lipinski definition) is 1. The Kier molecular flexibility index (Phi) is 3.25. The van der Waals surface area contributed by atoms with Crippen LogP contribution in [0.15, 0.2) is 0 Å². The highest BCUT2D eigenvalue weighted by Gasteiger charge is 2.25. The SMILES string of the molecule is CCC(F)(F)CNC(C)=O. The van der Waals surface area contributed by atoms with Crippen molar-refractivity contribution in [2.75, 3.05) is 6.54 Å². The molecule has 0 atom stereocenters. The number of carbonyl (C=O) groups excluding carboxylic acids is 1. The van der Waals surface area contributed by atoms with E-state index in [1.54, 1.807) is 0 Å². The highest BCUT2D eigenvalue weighted by molar-refractivity contribution is 5.72. The molecule has 0 saturated carbocycles. The van der Waals surface area contributed by atoms with Crippen LogP contribution in [0.4, 0.5) is 8.78 Å². The number of carbonyl (C=O) groups is 1. The molecule has 0 fully saturated rings. The van der Waals surface area contributed by atoms with Gasteiger partial charge in [-0.2, -0.15) is 0 Å². The number of halogens is 2. The molecule has 0 bridgehead atoms. The summed E-state index contributed by atoms with van der Waals surface area (Å²) in [6.45, 7) is 2.03. The van der Waals surface area contributed by atoms with Crippen molar-refractivity contribution in [2.24, 2.45) is 0 Å². The lowest BCUT2D eigenvalue weighted by Gasteiger charge is -2.13. The standard InChI is InChI=1S/C6H11F2NO/c1-3-6(7,8)4-9-5(2)10/h3-4H2,1-2H3,(H,9,10). The number of alkyl halides is 2. The van der Waals surface area contributed by atoms with Crippen LogP contribution in [-0.4, -0.2) is 18.4 Å². The predicted octanol–water partition coefficient (Wildman–Crippen LogP) is 1.17. The molecule has 0 aliphatic heterocycles. The average molecular weight is 151 g/mol. The highest BCUT2D eigenvalue weighted by Crippen LogP contribution is 2.15. The van der Waals surface area contributed by atoms with Crippen LogP contribution >= 0.6 is 0 Å². The summed E-state index contributed by atoms with van der Waals surface area (Å²) < 4.78 is 24.6. The molecule has 10 heavy (non-hydrogen) atoms. The summed E-state index contributed by atoms with van der Waals surface area (Å²) in [5, 5.41) is 2.05. The maximum Gasteiger partial charge on any atom is 0.264 e. The molecule has 1 N–H and O–H groups in total. The Balaban J connectivity index is 3.56. The Labute approximate surface area is 58.6 Å². The molecule has 0 aromatic rings. The Morgan fingerprint density at radius 2 is 2.10 bits per heavy atom. The largest absolute Gasteiger partial charge is 0.350 e. The predicted molar refractivity (Wildman–Crippen MR) is 33.9 cm³/mol. The van der Waals surface area contributed by atoms with E-state index in [9.17, 15) is 13.6 Å². The molecule has 4 heteroatoms. The van der Waals surface area contributed by atoms with Gasteiger partial charge in [0.15, 0.2) is 0 Å². The van der Waals surface area contributed by atoms with E-state index in [0.717, 1.165) is 0 Å².